The van der Waals surface area contributed by atoms with Gasteiger partial charge in [0.15, 0.2) is 37.0 Å². The van der Waals surface area contributed by atoms with Crippen LogP contribution in [0.1, 0.15) is 250 Å². The molecule has 0 aromatic carbocycles. The highest BCUT2D eigenvalue weighted by atomic mass is 16.7. The van der Waals surface area contributed by atoms with Gasteiger partial charge >= 0.3 is 59.7 Å². The second-order valence-electron chi connectivity index (χ2n) is 34.9. The Hall–Kier alpha value is -11.0. The van der Waals surface area contributed by atoms with E-state index >= 15 is 0 Å². The molecule has 3 heterocycles. The third kappa shape index (κ3) is 56.2. The first kappa shape index (κ1) is 125. The van der Waals surface area contributed by atoms with Crippen LogP contribution in [0.2, 0.25) is 0 Å². The number of carboxylic acids is 1. The molecule has 142 heavy (non-hydrogen) atoms. The number of carbonyl (C=O) groups is 20. The second kappa shape index (κ2) is 70.7. The summed E-state index contributed by atoms with van der Waals surface area (Å²) in [7, 11) is 0. The van der Waals surface area contributed by atoms with Gasteiger partial charge in [0.25, 0.3) is 0 Å². The second-order valence-corrected chi connectivity index (χ2v) is 34.9. The Labute approximate surface area is 827 Å². The van der Waals surface area contributed by atoms with Gasteiger partial charge in [0, 0.05) is 200 Å². The number of nitrogens with one attached hydrogen (secondary N) is 10. The predicted molar refractivity (Wildman–Crippen MR) is 494 cm³/mol. The summed E-state index contributed by atoms with van der Waals surface area (Å²) in [6.45, 7) is 11.5. The molecule has 49 heteroatoms. The average molecular weight is 2030 g/mol. The minimum Gasteiger partial charge on any atom is -0.481 e. The van der Waals surface area contributed by atoms with Gasteiger partial charge in [-0.2, -0.15) is 0 Å². The van der Waals surface area contributed by atoms with Crippen molar-refractivity contribution in [3.05, 3.63) is 0 Å². The van der Waals surface area contributed by atoms with E-state index in [1.165, 1.54) is 48.5 Å². The van der Waals surface area contributed by atoms with Crippen LogP contribution in [-0.2, 0) is 181 Å². The molecule has 3 aliphatic rings. The summed E-state index contributed by atoms with van der Waals surface area (Å²) >= 11 is 0. The quantitative estimate of drug-likeness (QED) is 0.0229. The van der Waals surface area contributed by atoms with Crippen LogP contribution in [0.25, 0.3) is 0 Å². The Bertz CT molecular complexity index is 3980. The minimum absolute atomic E-state index is 0.0166. The molecule has 13 atom stereocenters. The molecule has 3 rings (SSSR count). The highest BCUT2D eigenvalue weighted by molar-refractivity contribution is 5.80. The number of ether oxygens (including phenoxy) is 18. The van der Waals surface area contributed by atoms with E-state index in [2.05, 4.69) is 53.2 Å². The lowest BCUT2D eigenvalue weighted by Crippen LogP contribution is -2.72. The smallest absolute Gasteiger partial charge is 0.303 e. The SMILES string of the molecule is CC(=O)NC1C(OC(C)=O)CC(COC(C)=O)(COC(C)=O)O[C@H]1OCCCCC(=O)NCCCNC(=O)CCOCC(COCCC(=O)NCCCNC(=O)CCCCOCC1(NC(C)=O)COC(COC(C)=O)[C@@H](OC(C)=O)C1OC(C)=O)(COCCC(=O)NCCCNC(=O)CCCCO[C@@H]1OC(COC(C)=O)[C@@H](OC(C)=O)C(OC(C)=O)C1NC(C)=O)NC(=O)CCCCCCCCCCC(=O)O. The van der Waals surface area contributed by atoms with Crippen LogP contribution < -0.4 is 53.2 Å². The lowest BCUT2D eigenvalue weighted by atomic mass is 9.84. The monoisotopic (exact) mass is 2030 g/mol. The van der Waals surface area contributed by atoms with Gasteiger partial charge in [-0.1, -0.05) is 38.5 Å². The minimum atomic E-state index is -1.55. The lowest BCUT2D eigenvalue weighted by molar-refractivity contribution is -0.289. The molecule has 49 nitrogen and oxygen atoms in total. The third-order valence-corrected chi connectivity index (χ3v) is 21.7. The molecule has 0 aliphatic carbocycles. The summed E-state index contributed by atoms with van der Waals surface area (Å²) in [6, 6.07) is -2.21. The van der Waals surface area contributed by atoms with Crippen molar-refractivity contribution >= 4 is 119 Å². The molecule has 0 spiro atoms. The molecule has 0 saturated carbocycles. The number of esters is 9. The van der Waals surface area contributed by atoms with Gasteiger partial charge in [0.05, 0.1) is 52.9 Å². The Morgan fingerprint density at radius 2 is 0.711 bits per heavy atom. The van der Waals surface area contributed by atoms with Crippen LogP contribution in [-0.4, -0.2) is 346 Å². The Morgan fingerprint density at radius 3 is 1.13 bits per heavy atom. The highest BCUT2D eigenvalue weighted by Gasteiger charge is 2.57. The molecule has 0 bridgehead atoms. The van der Waals surface area contributed by atoms with Gasteiger partial charge in [0.1, 0.15) is 73.5 Å². The van der Waals surface area contributed by atoms with E-state index in [0.29, 0.717) is 77.0 Å². The molecular formula is C93H152N10O39. The van der Waals surface area contributed by atoms with E-state index in [1.807, 2.05) is 0 Å². The number of unbranched alkanes of at least 4 members (excludes halogenated alkanes) is 10. The maximum atomic E-state index is 14.1. The summed E-state index contributed by atoms with van der Waals surface area (Å²) in [5, 5.41) is 36.9. The largest absolute Gasteiger partial charge is 0.481 e. The van der Waals surface area contributed by atoms with Gasteiger partial charge in [-0.05, 0) is 70.6 Å². The molecule has 10 amide bonds. The fourth-order valence-corrected chi connectivity index (χ4v) is 15.2. The van der Waals surface area contributed by atoms with Gasteiger partial charge in [-0.15, -0.1) is 0 Å². The molecular weight excluding hydrogens is 1880 g/mol. The molecule has 9 unspecified atom stereocenters. The van der Waals surface area contributed by atoms with Crippen LogP contribution >= 0.6 is 0 Å². The van der Waals surface area contributed by atoms with Crippen LogP contribution in [0.5, 0.6) is 0 Å². The highest BCUT2D eigenvalue weighted by Crippen LogP contribution is 2.36. The Morgan fingerprint density at radius 1 is 0.338 bits per heavy atom. The van der Waals surface area contributed by atoms with Crippen LogP contribution in [0.3, 0.4) is 0 Å². The van der Waals surface area contributed by atoms with E-state index < -0.39 is 205 Å². The van der Waals surface area contributed by atoms with Gasteiger partial charge in [-0.3, -0.25) is 95.9 Å². The normalized spacial score (nSPS) is 20.4. The van der Waals surface area contributed by atoms with E-state index in [0.717, 1.165) is 66.7 Å². The molecule has 0 aromatic rings. The molecule has 3 saturated heterocycles. The zero-order valence-corrected chi connectivity index (χ0v) is 84.0. The first-order valence-electron chi connectivity index (χ1n) is 48.3. The number of carboxylic acid groups (broad SMARTS) is 1. The number of hydrogen-bond acceptors (Lipinski definition) is 38. The van der Waals surface area contributed by atoms with Crippen molar-refractivity contribution < 1.29 is 186 Å². The van der Waals surface area contributed by atoms with Crippen LogP contribution in [0.15, 0.2) is 0 Å². The van der Waals surface area contributed by atoms with Crippen LogP contribution in [0, 0.1) is 0 Å². The molecule has 3 fully saturated rings. The fourth-order valence-electron chi connectivity index (χ4n) is 15.2. The number of hydrogen-bond donors (Lipinski definition) is 11. The number of aliphatic carboxylic acids is 1. The summed E-state index contributed by atoms with van der Waals surface area (Å²) in [5.74, 6) is -11.5. The molecule has 3 aliphatic heterocycles. The summed E-state index contributed by atoms with van der Waals surface area (Å²) in [4.78, 5) is 250. The van der Waals surface area contributed by atoms with E-state index in [1.54, 1.807) is 0 Å². The van der Waals surface area contributed by atoms with Crippen molar-refractivity contribution in [2.24, 2.45) is 0 Å². The molecule has 11 N–H and O–H groups in total. The van der Waals surface area contributed by atoms with Crippen molar-refractivity contribution in [3.8, 4) is 0 Å². The standard InChI is InChI=1S/C93H152N10O39/c1-60(104)100-83-72(136-67(8)111)50-92(56-133-65(6)109,57-134-66(7)110)142-90(83)130-46-26-23-32-77(118)96-40-29-43-99-80(121)37-49-128-55-91(103-81(122)33-19-17-15-13-14-16-18-20-34-82(123)124,54-127-48-36-79(120)98-42-28-39-95-76(117)31-22-25-45-129-89-84(101-61(2)105)87(139-70(11)114)85(137-68(9)112)74(141-89)52-132-64(5)108)53-126-47-35-78(119)97-41-27-38-94-75(116)30-21-24-44-125-58-93(102-62(3)106)59-135-73(51-131-63(4)107)86(138-69(10)113)88(93)140-71(12)115/h72-74,83-90H,13-59H2,1-12H3,(H,94,116)(H,95,117)(H,96,118)(H,97,119)(H,98,120)(H,99,121)(H,100,104)(H,101,105)(H,102,106)(H,103,122)(H,123,124)/t72?,73?,74?,83?,84?,85-,86-,87?,88?,89-,90-,91?,93?/m1/s1. The topological polar surface area (TPSA) is 648 Å². The van der Waals surface area contributed by atoms with Crippen molar-refractivity contribution in [2.45, 2.75) is 334 Å². The van der Waals surface area contributed by atoms with Crippen molar-refractivity contribution in [3.63, 3.8) is 0 Å². The predicted octanol–water partition coefficient (Wildman–Crippen LogP) is 0.879. The summed E-state index contributed by atoms with van der Waals surface area (Å²) in [5.41, 5.74) is -4.58. The third-order valence-electron chi connectivity index (χ3n) is 21.7. The van der Waals surface area contributed by atoms with Gasteiger partial charge < -0.3 is 144 Å². The first-order valence-corrected chi connectivity index (χ1v) is 48.3. The molecule has 0 aromatic heterocycles. The number of carbonyl (C=O) groups excluding carboxylic acids is 19. The van der Waals surface area contributed by atoms with E-state index in [4.69, 9.17) is 90.4 Å². The Kier molecular flexibility index (Phi) is 62.3. The van der Waals surface area contributed by atoms with E-state index in [-0.39, 0.29) is 194 Å². The summed E-state index contributed by atoms with van der Waals surface area (Å²) < 4.78 is 103. The fraction of sp³-hybridized carbons (Fsp3) is 0.785. The maximum Gasteiger partial charge on any atom is 0.303 e. The lowest BCUT2D eigenvalue weighted by Gasteiger charge is -2.48. The molecule has 808 valence electrons. The number of amides is 10. The van der Waals surface area contributed by atoms with Gasteiger partial charge in [0.2, 0.25) is 59.1 Å². The van der Waals surface area contributed by atoms with Crippen molar-refractivity contribution in [2.75, 3.05) is 138 Å². The zero-order valence-electron chi connectivity index (χ0n) is 84.0. The van der Waals surface area contributed by atoms with Gasteiger partial charge in [-0.25, -0.2) is 0 Å². The summed E-state index contributed by atoms with van der Waals surface area (Å²) in [6.07, 6.45) is -2.44. The average Bonchev–Trinajstić information content (AvgIpc) is 0.838. The molecule has 0 radical (unpaired) electrons. The van der Waals surface area contributed by atoms with Crippen LogP contribution in [0.4, 0.5) is 0 Å². The van der Waals surface area contributed by atoms with Crippen molar-refractivity contribution in [1.82, 2.24) is 53.2 Å². The first-order chi connectivity index (χ1) is 67.5. The van der Waals surface area contributed by atoms with Crippen molar-refractivity contribution in [1.29, 1.82) is 0 Å². The Balaban J connectivity index is 1.68. The zero-order chi connectivity index (χ0) is 105. The van der Waals surface area contributed by atoms with E-state index in [9.17, 15) is 95.9 Å². The maximum absolute atomic E-state index is 14.1. The number of rotatable bonds is 74.